The molecule has 0 fully saturated rings. The number of hydrazine groups is 1. The zero-order valence-electron chi connectivity index (χ0n) is 11.1. The van der Waals surface area contributed by atoms with Crippen molar-refractivity contribution >= 4 is 0 Å². The van der Waals surface area contributed by atoms with Crippen LogP contribution in [0.2, 0.25) is 0 Å². The minimum Gasteiger partial charge on any atom is -0.493 e. The van der Waals surface area contributed by atoms with Crippen molar-refractivity contribution in [3.63, 3.8) is 0 Å². The molecule has 0 saturated heterocycles. The molecule has 0 amide bonds. The molecule has 1 aromatic rings. The predicted octanol–water partition coefficient (Wildman–Crippen LogP) is 3.03. The number of hydrogen-bond donors (Lipinski definition) is 2. The first-order valence-corrected chi connectivity index (χ1v) is 6.42. The summed E-state index contributed by atoms with van der Waals surface area (Å²) in [4.78, 5) is 0. The van der Waals surface area contributed by atoms with E-state index in [1.54, 1.807) is 0 Å². The van der Waals surface area contributed by atoms with E-state index in [1.165, 1.54) is 0 Å². The molecule has 0 aliphatic carbocycles. The van der Waals surface area contributed by atoms with Crippen LogP contribution in [0.15, 0.2) is 24.3 Å². The van der Waals surface area contributed by atoms with Gasteiger partial charge in [-0.1, -0.05) is 45.4 Å². The molecule has 3 N–H and O–H groups in total. The number of rotatable bonds is 7. The molecule has 0 aliphatic heterocycles. The van der Waals surface area contributed by atoms with Crippen LogP contribution in [0, 0.1) is 5.92 Å². The van der Waals surface area contributed by atoms with Crippen molar-refractivity contribution in [1.29, 1.82) is 0 Å². The Morgan fingerprint density at radius 2 is 2.00 bits per heavy atom. The van der Waals surface area contributed by atoms with Gasteiger partial charge in [-0.25, -0.2) is 0 Å². The largest absolute Gasteiger partial charge is 0.493 e. The molecule has 17 heavy (non-hydrogen) atoms. The van der Waals surface area contributed by atoms with Gasteiger partial charge in [-0.05, 0) is 18.4 Å². The maximum Gasteiger partial charge on any atom is 0.124 e. The Hall–Kier alpha value is -1.06. The van der Waals surface area contributed by atoms with Gasteiger partial charge >= 0.3 is 0 Å². The second-order valence-corrected chi connectivity index (χ2v) is 4.42. The lowest BCUT2D eigenvalue weighted by Crippen LogP contribution is -2.32. The third-order valence-corrected chi connectivity index (χ3v) is 3.11. The molecule has 0 aliphatic rings. The van der Waals surface area contributed by atoms with E-state index in [2.05, 4.69) is 32.3 Å². The van der Waals surface area contributed by atoms with Gasteiger partial charge in [0, 0.05) is 5.56 Å². The van der Waals surface area contributed by atoms with Crippen molar-refractivity contribution in [1.82, 2.24) is 5.43 Å². The van der Waals surface area contributed by atoms with Crippen molar-refractivity contribution < 1.29 is 4.74 Å². The average Bonchev–Trinajstić information content (AvgIpc) is 2.38. The summed E-state index contributed by atoms with van der Waals surface area (Å²) in [5, 5.41) is 0. The van der Waals surface area contributed by atoms with Gasteiger partial charge in [0.15, 0.2) is 0 Å². The quantitative estimate of drug-likeness (QED) is 0.565. The number of hydrogen-bond acceptors (Lipinski definition) is 3. The summed E-state index contributed by atoms with van der Waals surface area (Å²) in [5.41, 5.74) is 4.06. The smallest absolute Gasteiger partial charge is 0.124 e. The van der Waals surface area contributed by atoms with Crippen LogP contribution in [0.1, 0.15) is 45.2 Å². The van der Waals surface area contributed by atoms with Gasteiger partial charge in [0.25, 0.3) is 0 Å². The van der Waals surface area contributed by atoms with Crippen LogP contribution in [-0.4, -0.2) is 6.61 Å². The topological polar surface area (TPSA) is 47.3 Å². The summed E-state index contributed by atoms with van der Waals surface area (Å²) in [6, 6.07) is 8.27. The summed E-state index contributed by atoms with van der Waals surface area (Å²) in [7, 11) is 0. The van der Waals surface area contributed by atoms with Crippen LogP contribution in [-0.2, 0) is 0 Å². The fourth-order valence-electron chi connectivity index (χ4n) is 1.88. The minimum atomic E-state index is 0.146. The molecule has 0 saturated carbocycles. The van der Waals surface area contributed by atoms with Gasteiger partial charge in [-0.2, -0.15) is 0 Å². The van der Waals surface area contributed by atoms with E-state index in [9.17, 15) is 0 Å². The number of para-hydroxylation sites is 1. The lowest BCUT2D eigenvalue weighted by Gasteiger charge is -2.24. The molecule has 2 atom stereocenters. The first-order chi connectivity index (χ1) is 8.24. The molecule has 0 aromatic heterocycles. The molecule has 96 valence electrons. The molecule has 0 spiro atoms. The molecule has 1 rings (SSSR count). The van der Waals surface area contributed by atoms with Gasteiger partial charge < -0.3 is 4.74 Å². The van der Waals surface area contributed by atoms with E-state index in [-0.39, 0.29) is 6.04 Å². The van der Waals surface area contributed by atoms with Crippen molar-refractivity contribution in [2.45, 2.75) is 39.7 Å². The Bertz CT molecular complexity index is 328. The monoisotopic (exact) mass is 236 g/mol. The molecule has 2 unspecified atom stereocenters. The average molecular weight is 236 g/mol. The molecule has 0 radical (unpaired) electrons. The van der Waals surface area contributed by atoms with E-state index < -0.39 is 0 Å². The normalized spacial score (nSPS) is 14.4. The van der Waals surface area contributed by atoms with Crippen LogP contribution >= 0.6 is 0 Å². The molecular formula is C14H24N2O. The zero-order valence-corrected chi connectivity index (χ0v) is 11.1. The summed E-state index contributed by atoms with van der Waals surface area (Å²) in [5.74, 6) is 7.09. The van der Waals surface area contributed by atoms with Crippen molar-refractivity contribution in [3.8, 4) is 5.75 Å². The summed E-state index contributed by atoms with van der Waals surface area (Å²) in [6.07, 6.45) is 2.09. The number of benzene rings is 1. The highest BCUT2D eigenvalue weighted by Gasteiger charge is 2.19. The molecule has 0 heterocycles. The predicted molar refractivity (Wildman–Crippen MR) is 71.7 cm³/mol. The fourth-order valence-corrected chi connectivity index (χ4v) is 1.88. The summed E-state index contributed by atoms with van der Waals surface area (Å²) < 4.78 is 5.77. The Labute approximate surface area is 104 Å². The summed E-state index contributed by atoms with van der Waals surface area (Å²) >= 11 is 0. The van der Waals surface area contributed by atoms with Crippen molar-refractivity contribution in [2.75, 3.05) is 6.61 Å². The molecule has 3 nitrogen and oxygen atoms in total. The van der Waals surface area contributed by atoms with Gasteiger partial charge in [-0.15, -0.1) is 0 Å². The maximum atomic E-state index is 5.77. The zero-order chi connectivity index (χ0) is 12.7. The van der Waals surface area contributed by atoms with E-state index in [0.717, 1.165) is 30.8 Å². The number of nitrogens with one attached hydrogen (secondary N) is 1. The first kappa shape index (κ1) is 14.0. The first-order valence-electron chi connectivity index (χ1n) is 6.42. The van der Waals surface area contributed by atoms with Crippen LogP contribution < -0.4 is 16.0 Å². The SMILES string of the molecule is CCCOc1ccccc1C(NN)C(C)CC. The Balaban J connectivity index is 2.93. The second-order valence-electron chi connectivity index (χ2n) is 4.42. The highest BCUT2D eigenvalue weighted by atomic mass is 16.5. The minimum absolute atomic E-state index is 0.146. The van der Waals surface area contributed by atoms with E-state index in [1.807, 2.05) is 18.2 Å². The van der Waals surface area contributed by atoms with Crippen molar-refractivity contribution in [2.24, 2.45) is 11.8 Å². The van der Waals surface area contributed by atoms with Gasteiger partial charge in [0.05, 0.1) is 12.6 Å². The molecule has 1 aromatic carbocycles. The number of nitrogens with two attached hydrogens (primary N) is 1. The standard InChI is InChI=1S/C14H24N2O/c1-4-10-17-13-9-7-6-8-12(13)14(16-15)11(3)5-2/h6-9,11,14,16H,4-5,10,15H2,1-3H3. The van der Waals surface area contributed by atoms with Crippen LogP contribution in [0.25, 0.3) is 0 Å². The van der Waals surface area contributed by atoms with Gasteiger partial charge in [-0.3, -0.25) is 11.3 Å². The Morgan fingerprint density at radius 3 is 2.59 bits per heavy atom. The molecule has 3 heteroatoms. The van der Waals surface area contributed by atoms with E-state index >= 15 is 0 Å². The highest BCUT2D eigenvalue weighted by molar-refractivity contribution is 5.36. The third kappa shape index (κ3) is 3.72. The fraction of sp³-hybridized carbons (Fsp3) is 0.571. The number of ether oxygens (including phenoxy) is 1. The Morgan fingerprint density at radius 1 is 1.29 bits per heavy atom. The van der Waals surface area contributed by atoms with Crippen LogP contribution in [0.5, 0.6) is 5.75 Å². The van der Waals surface area contributed by atoms with Crippen molar-refractivity contribution in [3.05, 3.63) is 29.8 Å². The maximum absolute atomic E-state index is 5.77. The molecular weight excluding hydrogens is 212 g/mol. The molecule has 0 bridgehead atoms. The second kappa shape index (κ2) is 7.30. The van der Waals surface area contributed by atoms with Gasteiger partial charge in [0.2, 0.25) is 0 Å². The lowest BCUT2D eigenvalue weighted by molar-refractivity contribution is 0.300. The lowest BCUT2D eigenvalue weighted by atomic mass is 9.92. The highest BCUT2D eigenvalue weighted by Crippen LogP contribution is 2.30. The van der Waals surface area contributed by atoms with Crippen LogP contribution in [0.3, 0.4) is 0 Å². The van der Waals surface area contributed by atoms with Gasteiger partial charge in [0.1, 0.15) is 5.75 Å². The summed E-state index contributed by atoms with van der Waals surface area (Å²) in [6.45, 7) is 7.22. The Kier molecular flexibility index (Phi) is 6.01. The third-order valence-electron chi connectivity index (χ3n) is 3.11. The van der Waals surface area contributed by atoms with E-state index in [4.69, 9.17) is 10.6 Å². The van der Waals surface area contributed by atoms with E-state index in [0.29, 0.717) is 5.92 Å². The van der Waals surface area contributed by atoms with Crippen LogP contribution in [0.4, 0.5) is 0 Å².